The third-order valence-corrected chi connectivity index (χ3v) is 2.46. The van der Waals surface area contributed by atoms with Crippen LogP contribution >= 0.6 is 12.8 Å². The fraction of sp³-hybridized carbons (Fsp3) is 0.889. The highest BCUT2D eigenvalue weighted by molar-refractivity contribution is 7.78. The van der Waals surface area contributed by atoms with E-state index < -0.39 is 0 Å². The molecule has 0 aliphatic carbocycles. The summed E-state index contributed by atoms with van der Waals surface area (Å²) in [4.78, 5) is 13.5. The van der Waals surface area contributed by atoms with Gasteiger partial charge < -0.3 is 0 Å². The third kappa shape index (κ3) is 3.56. The van der Waals surface area contributed by atoms with Gasteiger partial charge in [0.15, 0.2) is 0 Å². The van der Waals surface area contributed by atoms with Crippen LogP contribution in [0, 0.1) is 5.92 Å². The SMILES string of the molecule is CC(C)CN1CCCC(=O)N(S)C1. The zero-order valence-corrected chi connectivity index (χ0v) is 9.26. The number of carbonyl (C=O) groups excluding carboxylic acids is 1. The number of amides is 1. The molecule has 4 heteroatoms. The molecule has 0 spiro atoms. The minimum absolute atomic E-state index is 0.148. The highest BCUT2D eigenvalue weighted by Crippen LogP contribution is 2.11. The van der Waals surface area contributed by atoms with Crippen LogP contribution in [0.25, 0.3) is 0 Å². The number of thiol groups is 1. The Bertz CT molecular complexity index is 184. The van der Waals surface area contributed by atoms with Crippen molar-refractivity contribution in [3.63, 3.8) is 0 Å². The highest BCUT2D eigenvalue weighted by Gasteiger charge is 2.19. The summed E-state index contributed by atoms with van der Waals surface area (Å²) in [5, 5.41) is 0. The van der Waals surface area contributed by atoms with Crippen molar-refractivity contribution in [1.29, 1.82) is 0 Å². The normalized spacial score (nSPS) is 20.9. The van der Waals surface area contributed by atoms with Gasteiger partial charge in [0.1, 0.15) is 0 Å². The molecule has 76 valence electrons. The van der Waals surface area contributed by atoms with Gasteiger partial charge in [-0.05, 0) is 12.3 Å². The van der Waals surface area contributed by atoms with Gasteiger partial charge in [-0.1, -0.05) is 26.7 Å². The first-order valence-electron chi connectivity index (χ1n) is 4.81. The van der Waals surface area contributed by atoms with Crippen molar-refractivity contribution >= 4 is 18.7 Å². The lowest BCUT2D eigenvalue weighted by Gasteiger charge is -2.24. The summed E-state index contributed by atoms with van der Waals surface area (Å²) in [7, 11) is 0. The molecule has 1 rings (SSSR count). The van der Waals surface area contributed by atoms with E-state index in [0.29, 0.717) is 19.0 Å². The van der Waals surface area contributed by atoms with E-state index in [-0.39, 0.29) is 5.91 Å². The number of hydrogen-bond acceptors (Lipinski definition) is 3. The molecule has 0 saturated carbocycles. The van der Waals surface area contributed by atoms with Crippen LogP contribution < -0.4 is 0 Å². The quantitative estimate of drug-likeness (QED) is 0.684. The van der Waals surface area contributed by atoms with Gasteiger partial charge in [-0.2, -0.15) is 0 Å². The van der Waals surface area contributed by atoms with E-state index in [4.69, 9.17) is 0 Å². The fourth-order valence-corrected chi connectivity index (χ4v) is 1.87. The molecule has 1 fully saturated rings. The van der Waals surface area contributed by atoms with E-state index in [1.165, 1.54) is 4.31 Å². The smallest absolute Gasteiger partial charge is 0.233 e. The summed E-state index contributed by atoms with van der Waals surface area (Å²) in [6, 6.07) is 0. The van der Waals surface area contributed by atoms with Crippen molar-refractivity contribution in [2.75, 3.05) is 19.8 Å². The fourth-order valence-electron chi connectivity index (χ4n) is 1.59. The van der Waals surface area contributed by atoms with Crippen LogP contribution in [-0.2, 0) is 4.79 Å². The summed E-state index contributed by atoms with van der Waals surface area (Å²) in [5.74, 6) is 0.796. The minimum atomic E-state index is 0.148. The van der Waals surface area contributed by atoms with Gasteiger partial charge in [0.2, 0.25) is 5.91 Å². The molecular formula is C9H18N2OS. The van der Waals surface area contributed by atoms with Crippen LogP contribution in [-0.4, -0.2) is 34.9 Å². The third-order valence-electron chi connectivity index (χ3n) is 2.11. The first-order valence-corrected chi connectivity index (χ1v) is 5.21. The van der Waals surface area contributed by atoms with Gasteiger partial charge in [-0.15, -0.1) is 0 Å². The molecule has 0 aromatic carbocycles. The lowest BCUT2D eigenvalue weighted by atomic mass is 10.2. The van der Waals surface area contributed by atoms with Crippen LogP contribution in [0.3, 0.4) is 0 Å². The molecule has 1 aliphatic heterocycles. The predicted molar refractivity (Wildman–Crippen MR) is 56.3 cm³/mol. The zero-order chi connectivity index (χ0) is 9.84. The van der Waals surface area contributed by atoms with Gasteiger partial charge in [0.25, 0.3) is 0 Å². The van der Waals surface area contributed by atoms with Crippen molar-refractivity contribution in [2.45, 2.75) is 26.7 Å². The minimum Gasteiger partial charge on any atom is -0.285 e. The van der Waals surface area contributed by atoms with E-state index in [1.807, 2.05) is 0 Å². The molecule has 1 saturated heterocycles. The van der Waals surface area contributed by atoms with Crippen LogP contribution in [0.15, 0.2) is 0 Å². The maximum absolute atomic E-state index is 11.3. The van der Waals surface area contributed by atoms with Gasteiger partial charge in [0, 0.05) is 19.5 Å². The Morgan fingerprint density at radius 1 is 1.54 bits per heavy atom. The van der Waals surface area contributed by atoms with E-state index in [2.05, 4.69) is 31.6 Å². The topological polar surface area (TPSA) is 23.6 Å². The Hall–Kier alpha value is -0.220. The molecule has 13 heavy (non-hydrogen) atoms. The Labute approximate surface area is 85.6 Å². The molecule has 1 amide bonds. The molecule has 0 aromatic heterocycles. The standard InChI is InChI=1S/C9H18N2OS/c1-8(2)6-10-5-3-4-9(12)11(13)7-10/h8,13H,3-7H2,1-2H3. The molecule has 0 N–H and O–H groups in total. The maximum Gasteiger partial charge on any atom is 0.233 e. The van der Waals surface area contributed by atoms with Crippen molar-refractivity contribution in [3.05, 3.63) is 0 Å². The Kier molecular flexibility index (Phi) is 4.06. The maximum atomic E-state index is 11.3. The van der Waals surface area contributed by atoms with Gasteiger partial charge in [-0.25, -0.2) is 0 Å². The number of carbonyl (C=O) groups is 1. The van der Waals surface area contributed by atoms with Crippen LogP contribution in [0.1, 0.15) is 26.7 Å². The first-order chi connectivity index (χ1) is 6.09. The Morgan fingerprint density at radius 2 is 2.23 bits per heavy atom. The van der Waals surface area contributed by atoms with E-state index in [0.717, 1.165) is 19.5 Å². The summed E-state index contributed by atoms with van der Waals surface area (Å²) < 4.78 is 1.52. The van der Waals surface area contributed by atoms with Crippen molar-refractivity contribution in [3.8, 4) is 0 Å². The predicted octanol–water partition coefficient (Wildman–Crippen LogP) is 1.37. The first kappa shape index (κ1) is 10.9. The molecule has 1 aliphatic rings. The van der Waals surface area contributed by atoms with Crippen molar-refractivity contribution in [2.24, 2.45) is 5.92 Å². The zero-order valence-electron chi connectivity index (χ0n) is 8.36. The second-order valence-electron chi connectivity index (χ2n) is 4.01. The Morgan fingerprint density at radius 3 is 2.85 bits per heavy atom. The molecule has 0 atom stereocenters. The number of nitrogens with zero attached hydrogens (tertiary/aromatic N) is 2. The Balaban J connectivity index is 2.44. The van der Waals surface area contributed by atoms with E-state index in [1.54, 1.807) is 0 Å². The molecule has 0 unspecified atom stereocenters. The van der Waals surface area contributed by atoms with Crippen molar-refractivity contribution in [1.82, 2.24) is 9.21 Å². The summed E-state index contributed by atoms with van der Waals surface area (Å²) in [6.45, 7) is 7.11. The van der Waals surface area contributed by atoms with Gasteiger partial charge in [-0.3, -0.25) is 14.0 Å². The second-order valence-corrected chi connectivity index (χ2v) is 4.49. The molecule has 0 aromatic rings. The summed E-state index contributed by atoms with van der Waals surface area (Å²) >= 11 is 4.15. The molecular weight excluding hydrogens is 184 g/mol. The van der Waals surface area contributed by atoms with Crippen LogP contribution in [0.4, 0.5) is 0 Å². The average molecular weight is 202 g/mol. The summed E-state index contributed by atoms with van der Waals surface area (Å²) in [5.41, 5.74) is 0. The second kappa shape index (κ2) is 4.86. The lowest BCUT2D eigenvalue weighted by molar-refractivity contribution is -0.126. The van der Waals surface area contributed by atoms with Gasteiger partial charge in [0.05, 0.1) is 6.67 Å². The number of rotatable bonds is 2. The van der Waals surface area contributed by atoms with Crippen molar-refractivity contribution < 1.29 is 4.79 Å². The lowest BCUT2D eigenvalue weighted by Crippen LogP contribution is -2.35. The molecule has 0 radical (unpaired) electrons. The van der Waals surface area contributed by atoms with Crippen LogP contribution in [0.2, 0.25) is 0 Å². The molecule has 0 bridgehead atoms. The van der Waals surface area contributed by atoms with Crippen LogP contribution in [0.5, 0.6) is 0 Å². The largest absolute Gasteiger partial charge is 0.285 e. The molecule has 3 nitrogen and oxygen atoms in total. The van der Waals surface area contributed by atoms with E-state index in [9.17, 15) is 4.79 Å². The van der Waals surface area contributed by atoms with E-state index >= 15 is 0 Å². The summed E-state index contributed by atoms with van der Waals surface area (Å²) in [6.07, 6.45) is 1.60. The monoisotopic (exact) mass is 202 g/mol. The van der Waals surface area contributed by atoms with Gasteiger partial charge >= 0.3 is 0 Å². The average Bonchev–Trinajstić information content (AvgIpc) is 2.14. The highest BCUT2D eigenvalue weighted by atomic mass is 32.1. The molecule has 1 heterocycles. The number of hydrogen-bond donors (Lipinski definition) is 1.